The van der Waals surface area contributed by atoms with E-state index >= 15 is 0 Å². The molecule has 1 aromatic heterocycles. The molecule has 1 heterocycles. The van der Waals surface area contributed by atoms with Gasteiger partial charge in [0.2, 0.25) is 5.91 Å². The van der Waals surface area contributed by atoms with E-state index in [1.807, 2.05) is 0 Å². The molecule has 0 aliphatic heterocycles. The number of halogens is 3. The van der Waals surface area contributed by atoms with E-state index in [9.17, 15) is 18.0 Å². The fourth-order valence-corrected chi connectivity index (χ4v) is 2.72. The van der Waals surface area contributed by atoms with Crippen molar-refractivity contribution >= 4 is 5.91 Å². The predicted molar refractivity (Wildman–Crippen MR) is 76.1 cm³/mol. The Morgan fingerprint density at radius 1 is 1.45 bits per heavy atom. The van der Waals surface area contributed by atoms with Crippen molar-refractivity contribution in [2.24, 2.45) is 18.4 Å². The van der Waals surface area contributed by atoms with Gasteiger partial charge >= 0.3 is 6.18 Å². The molecule has 1 atom stereocenters. The normalized spacial score (nSPS) is 18.3. The number of carbonyl (C=O) groups excluding carboxylic acids is 1. The van der Waals surface area contributed by atoms with E-state index < -0.39 is 24.4 Å². The van der Waals surface area contributed by atoms with Gasteiger partial charge in [-0.2, -0.15) is 13.2 Å². The van der Waals surface area contributed by atoms with Crippen molar-refractivity contribution in [1.82, 2.24) is 14.9 Å². The third-order valence-electron chi connectivity index (χ3n) is 4.71. The monoisotopic (exact) mass is 317 g/mol. The highest BCUT2D eigenvalue weighted by molar-refractivity contribution is 5.77. The maximum Gasteiger partial charge on any atom is 0.399 e. The van der Waals surface area contributed by atoms with Crippen LogP contribution in [0.5, 0.6) is 0 Å². The Hall–Kier alpha value is -1.53. The van der Waals surface area contributed by atoms with Crippen LogP contribution in [0.2, 0.25) is 0 Å². The second-order valence-corrected chi connectivity index (χ2v) is 6.49. The van der Waals surface area contributed by atoms with E-state index in [1.54, 1.807) is 0 Å². The molecule has 4 nitrogen and oxygen atoms in total. The van der Waals surface area contributed by atoms with Gasteiger partial charge in [-0.05, 0) is 24.2 Å². The van der Waals surface area contributed by atoms with Gasteiger partial charge < -0.3 is 9.88 Å². The molecule has 22 heavy (non-hydrogen) atoms. The summed E-state index contributed by atoms with van der Waals surface area (Å²) in [5.74, 6) is -2.16. The summed E-state index contributed by atoms with van der Waals surface area (Å²) in [4.78, 5) is 15.7. The first kappa shape index (κ1) is 16.8. The number of rotatable bonds is 6. The molecule has 0 bridgehead atoms. The summed E-state index contributed by atoms with van der Waals surface area (Å²) >= 11 is 0. The third-order valence-corrected chi connectivity index (χ3v) is 4.71. The highest BCUT2D eigenvalue weighted by Crippen LogP contribution is 2.51. The van der Waals surface area contributed by atoms with Crippen LogP contribution >= 0.6 is 0 Å². The number of carbonyl (C=O) groups is 1. The van der Waals surface area contributed by atoms with Gasteiger partial charge in [0.15, 0.2) is 0 Å². The number of hydrogen-bond donors (Lipinski definition) is 1. The molecule has 0 aromatic carbocycles. The second kappa shape index (κ2) is 5.93. The third kappa shape index (κ3) is 3.62. The summed E-state index contributed by atoms with van der Waals surface area (Å²) in [6.45, 7) is 4.60. The quantitative estimate of drug-likeness (QED) is 0.877. The molecular weight excluding hydrogens is 295 g/mol. The Labute approximate surface area is 128 Å². The Balaban J connectivity index is 1.99. The number of nitrogens with one attached hydrogen (secondary N) is 1. The van der Waals surface area contributed by atoms with E-state index in [1.165, 1.54) is 24.0 Å². The van der Waals surface area contributed by atoms with E-state index in [0.29, 0.717) is 12.5 Å². The maximum atomic E-state index is 13.2. The minimum Gasteiger partial charge on any atom is -0.356 e. The average molecular weight is 317 g/mol. The molecule has 1 saturated carbocycles. The lowest BCUT2D eigenvalue weighted by atomic mass is 9.92. The van der Waals surface area contributed by atoms with Crippen LogP contribution in [0.4, 0.5) is 13.2 Å². The lowest BCUT2D eigenvalue weighted by molar-refractivity contribution is -0.159. The molecular formula is C15H22F3N3O. The van der Waals surface area contributed by atoms with Crippen LogP contribution in [-0.4, -0.2) is 28.2 Å². The van der Waals surface area contributed by atoms with Gasteiger partial charge in [0.25, 0.3) is 0 Å². The van der Waals surface area contributed by atoms with Gasteiger partial charge in [0.05, 0.1) is 0 Å². The van der Waals surface area contributed by atoms with Gasteiger partial charge in [-0.3, -0.25) is 4.79 Å². The molecule has 0 unspecified atom stereocenters. The molecule has 1 amide bonds. The molecule has 1 N–H and O–H groups in total. The Morgan fingerprint density at radius 3 is 2.50 bits per heavy atom. The molecule has 1 fully saturated rings. The first-order chi connectivity index (χ1) is 10.2. The standard InChI is InChI=1S/C15H22F3N3O/c1-10(2)14(4-5-14)9-20-12(22)8-11(15(16,17)18)13-19-6-7-21(13)3/h6-7,10-11H,4-5,8-9H2,1-3H3,(H,20,22)/t11-/m0/s1. The SMILES string of the molecule is CC(C)C1(CNC(=O)C[C@@H](c2nccn2C)C(F)(F)F)CC1. The number of alkyl halides is 3. The smallest absolute Gasteiger partial charge is 0.356 e. The van der Waals surface area contributed by atoms with Crippen molar-refractivity contribution in [2.75, 3.05) is 6.54 Å². The number of hydrogen-bond acceptors (Lipinski definition) is 2. The molecule has 7 heteroatoms. The molecule has 0 saturated heterocycles. The van der Waals surface area contributed by atoms with E-state index in [4.69, 9.17) is 0 Å². The topological polar surface area (TPSA) is 46.9 Å². The Morgan fingerprint density at radius 2 is 2.09 bits per heavy atom. The fourth-order valence-electron chi connectivity index (χ4n) is 2.72. The van der Waals surface area contributed by atoms with E-state index in [-0.39, 0.29) is 11.2 Å². The first-order valence-corrected chi connectivity index (χ1v) is 7.46. The fraction of sp³-hybridized carbons (Fsp3) is 0.733. The van der Waals surface area contributed by atoms with Crippen LogP contribution in [0, 0.1) is 11.3 Å². The molecule has 1 aromatic rings. The van der Waals surface area contributed by atoms with Gasteiger partial charge in [-0.25, -0.2) is 4.98 Å². The molecule has 124 valence electrons. The van der Waals surface area contributed by atoms with Crippen molar-refractivity contribution in [3.05, 3.63) is 18.2 Å². The lowest BCUT2D eigenvalue weighted by Gasteiger charge is -2.22. The first-order valence-electron chi connectivity index (χ1n) is 7.46. The summed E-state index contributed by atoms with van der Waals surface area (Å²) in [5.41, 5.74) is 0.0760. The second-order valence-electron chi connectivity index (χ2n) is 6.49. The number of amides is 1. The van der Waals surface area contributed by atoms with E-state index in [2.05, 4.69) is 24.1 Å². The van der Waals surface area contributed by atoms with Crippen LogP contribution in [0.3, 0.4) is 0 Å². The van der Waals surface area contributed by atoms with Gasteiger partial charge in [0, 0.05) is 32.4 Å². The average Bonchev–Trinajstić information content (AvgIpc) is 3.09. The van der Waals surface area contributed by atoms with Crippen molar-refractivity contribution < 1.29 is 18.0 Å². The number of imidazole rings is 1. The minimum atomic E-state index is -4.49. The van der Waals surface area contributed by atoms with Crippen LogP contribution < -0.4 is 5.32 Å². The van der Waals surface area contributed by atoms with Gasteiger partial charge in [0.1, 0.15) is 11.7 Å². The molecule has 1 aliphatic carbocycles. The molecule has 0 radical (unpaired) electrons. The van der Waals surface area contributed by atoms with Crippen molar-refractivity contribution in [2.45, 2.75) is 45.2 Å². The minimum absolute atomic E-state index is 0.0760. The van der Waals surface area contributed by atoms with Crippen molar-refractivity contribution in [3.63, 3.8) is 0 Å². The van der Waals surface area contributed by atoms with Gasteiger partial charge in [-0.1, -0.05) is 13.8 Å². The van der Waals surface area contributed by atoms with Gasteiger partial charge in [-0.15, -0.1) is 0 Å². The highest BCUT2D eigenvalue weighted by Gasteiger charge is 2.47. The van der Waals surface area contributed by atoms with Crippen molar-refractivity contribution in [1.29, 1.82) is 0 Å². The zero-order valence-corrected chi connectivity index (χ0v) is 13.1. The van der Waals surface area contributed by atoms with Crippen molar-refractivity contribution in [3.8, 4) is 0 Å². The largest absolute Gasteiger partial charge is 0.399 e. The summed E-state index contributed by atoms with van der Waals surface area (Å²) in [7, 11) is 1.50. The molecule has 0 spiro atoms. The summed E-state index contributed by atoms with van der Waals surface area (Å²) < 4.78 is 40.9. The van der Waals surface area contributed by atoms with E-state index in [0.717, 1.165) is 12.8 Å². The Kier molecular flexibility index (Phi) is 4.54. The summed E-state index contributed by atoms with van der Waals surface area (Å²) in [5, 5.41) is 2.67. The zero-order chi connectivity index (χ0) is 16.5. The maximum absolute atomic E-state index is 13.2. The predicted octanol–water partition coefficient (Wildman–Crippen LogP) is 3.01. The number of nitrogens with zero attached hydrogens (tertiary/aromatic N) is 2. The molecule has 1 aliphatic rings. The highest BCUT2D eigenvalue weighted by atomic mass is 19.4. The summed E-state index contributed by atoms with van der Waals surface area (Å²) in [6, 6.07) is 0. The lowest BCUT2D eigenvalue weighted by Crippen LogP contribution is -2.36. The summed E-state index contributed by atoms with van der Waals surface area (Å²) in [6.07, 6.45) is -0.317. The molecule has 2 rings (SSSR count). The van der Waals surface area contributed by atoms with Crippen LogP contribution in [-0.2, 0) is 11.8 Å². The Bertz CT molecular complexity index is 532. The number of aryl methyl sites for hydroxylation is 1. The number of aromatic nitrogens is 2. The zero-order valence-electron chi connectivity index (χ0n) is 13.1. The van der Waals surface area contributed by atoms with Crippen LogP contribution in [0.25, 0.3) is 0 Å². The van der Waals surface area contributed by atoms with Crippen LogP contribution in [0.15, 0.2) is 12.4 Å². The van der Waals surface area contributed by atoms with Crippen LogP contribution in [0.1, 0.15) is 44.9 Å².